The zero-order chi connectivity index (χ0) is 13.7. The van der Waals surface area contributed by atoms with Crippen molar-refractivity contribution < 1.29 is 9.53 Å². The van der Waals surface area contributed by atoms with Crippen LogP contribution >= 0.6 is 0 Å². The average molecular weight is 260 g/mol. The van der Waals surface area contributed by atoms with Gasteiger partial charge in [0.1, 0.15) is 6.10 Å². The van der Waals surface area contributed by atoms with Crippen LogP contribution in [0.4, 0.5) is 0 Å². The van der Waals surface area contributed by atoms with E-state index in [-0.39, 0.29) is 17.5 Å². The standard InChI is InChI=1S/C17H24O2/c1-3-12-17(4-2)13-8-11-15(17)19-16(18)14-9-6-5-7-10-14/h5-7,9-10,15H,3-4,8,11-13H2,1-2H3. The Hall–Kier alpha value is -1.31. The van der Waals surface area contributed by atoms with Gasteiger partial charge in [-0.1, -0.05) is 38.5 Å². The molecule has 0 aromatic heterocycles. The molecule has 1 aliphatic rings. The lowest BCUT2D eigenvalue weighted by atomic mass is 9.77. The summed E-state index contributed by atoms with van der Waals surface area (Å²) in [6, 6.07) is 9.32. The maximum Gasteiger partial charge on any atom is 0.338 e. The van der Waals surface area contributed by atoms with E-state index in [9.17, 15) is 4.79 Å². The Morgan fingerprint density at radius 2 is 2.05 bits per heavy atom. The minimum absolute atomic E-state index is 0.102. The summed E-state index contributed by atoms with van der Waals surface area (Å²) in [6.45, 7) is 4.44. The van der Waals surface area contributed by atoms with Gasteiger partial charge in [0.05, 0.1) is 5.56 Å². The van der Waals surface area contributed by atoms with Crippen molar-refractivity contribution in [3.63, 3.8) is 0 Å². The number of esters is 1. The van der Waals surface area contributed by atoms with E-state index < -0.39 is 0 Å². The van der Waals surface area contributed by atoms with Crippen LogP contribution < -0.4 is 0 Å². The fraction of sp³-hybridized carbons (Fsp3) is 0.588. The summed E-state index contributed by atoms with van der Waals surface area (Å²) >= 11 is 0. The van der Waals surface area contributed by atoms with Gasteiger partial charge in [0, 0.05) is 5.41 Å². The first-order valence-corrected chi connectivity index (χ1v) is 7.48. The highest BCUT2D eigenvalue weighted by Gasteiger charge is 2.43. The molecule has 2 heteroatoms. The van der Waals surface area contributed by atoms with Gasteiger partial charge in [-0.3, -0.25) is 0 Å². The fourth-order valence-electron chi connectivity index (χ4n) is 3.43. The van der Waals surface area contributed by atoms with Crippen molar-refractivity contribution in [2.45, 2.75) is 58.5 Å². The zero-order valence-electron chi connectivity index (χ0n) is 12.0. The molecule has 0 spiro atoms. The Balaban J connectivity index is 2.07. The van der Waals surface area contributed by atoms with Crippen molar-refractivity contribution >= 4 is 5.97 Å². The van der Waals surface area contributed by atoms with Gasteiger partial charge in [0.2, 0.25) is 0 Å². The molecule has 2 unspecified atom stereocenters. The predicted molar refractivity (Wildman–Crippen MR) is 77.1 cm³/mol. The number of ether oxygens (including phenoxy) is 1. The molecule has 0 N–H and O–H groups in total. The first-order chi connectivity index (χ1) is 9.22. The first kappa shape index (κ1) is 14.1. The Kier molecular flexibility index (Phi) is 4.62. The molecule has 0 amide bonds. The van der Waals surface area contributed by atoms with Gasteiger partial charge in [0.15, 0.2) is 0 Å². The smallest absolute Gasteiger partial charge is 0.338 e. The number of carbonyl (C=O) groups is 1. The molecule has 1 saturated carbocycles. The third-order valence-corrected chi connectivity index (χ3v) is 4.53. The molecule has 0 radical (unpaired) electrons. The van der Waals surface area contributed by atoms with Crippen LogP contribution in [0, 0.1) is 5.41 Å². The second-order valence-electron chi connectivity index (χ2n) is 5.62. The Labute approximate surface area is 116 Å². The van der Waals surface area contributed by atoms with Crippen molar-refractivity contribution in [2.24, 2.45) is 5.41 Å². The molecule has 104 valence electrons. The molecular formula is C17H24O2. The second-order valence-corrected chi connectivity index (χ2v) is 5.62. The summed E-state index contributed by atoms with van der Waals surface area (Å²) in [6.07, 6.45) is 6.93. The van der Waals surface area contributed by atoms with Gasteiger partial charge in [-0.2, -0.15) is 0 Å². The molecule has 1 aromatic carbocycles. The molecule has 2 atom stereocenters. The van der Waals surface area contributed by atoms with Crippen molar-refractivity contribution in [3.8, 4) is 0 Å². The average Bonchev–Trinajstić information content (AvgIpc) is 2.83. The Morgan fingerprint density at radius 3 is 2.68 bits per heavy atom. The molecule has 2 nitrogen and oxygen atoms in total. The summed E-state index contributed by atoms with van der Waals surface area (Å²) in [5, 5.41) is 0. The normalized spacial score (nSPS) is 26.3. The van der Waals surface area contributed by atoms with Crippen molar-refractivity contribution in [2.75, 3.05) is 0 Å². The van der Waals surface area contributed by atoms with Gasteiger partial charge in [0.25, 0.3) is 0 Å². The lowest BCUT2D eigenvalue weighted by molar-refractivity contribution is -0.0102. The Bertz CT molecular complexity index is 413. The van der Waals surface area contributed by atoms with E-state index in [2.05, 4.69) is 13.8 Å². The molecule has 0 heterocycles. The van der Waals surface area contributed by atoms with Gasteiger partial charge < -0.3 is 4.74 Å². The molecule has 2 rings (SSSR count). The van der Waals surface area contributed by atoms with Crippen LogP contribution in [0.5, 0.6) is 0 Å². The molecule has 0 aliphatic heterocycles. The summed E-state index contributed by atoms with van der Waals surface area (Å²) in [4.78, 5) is 12.2. The van der Waals surface area contributed by atoms with E-state index >= 15 is 0 Å². The highest BCUT2D eigenvalue weighted by molar-refractivity contribution is 5.89. The quantitative estimate of drug-likeness (QED) is 0.724. The minimum Gasteiger partial charge on any atom is -0.458 e. The minimum atomic E-state index is -0.165. The number of carbonyl (C=O) groups excluding carboxylic acids is 1. The van der Waals surface area contributed by atoms with Crippen LogP contribution in [0.2, 0.25) is 0 Å². The summed E-state index contributed by atoms with van der Waals surface area (Å²) < 4.78 is 5.82. The predicted octanol–water partition coefficient (Wildman–Crippen LogP) is 4.59. The highest BCUT2D eigenvalue weighted by Crippen LogP contribution is 2.46. The number of benzene rings is 1. The van der Waals surface area contributed by atoms with E-state index in [0.717, 1.165) is 25.7 Å². The third kappa shape index (κ3) is 2.99. The van der Waals surface area contributed by atoms with Crippen LogP contribution in [-0.4, -0.2) is 12.1 Å². The lowest BCUT2D eigenvalue weighted by Crippen LogP contribution is -2.33. The SMILES string of the molecule is CCCC1(CC)CCCC1OC(=O)c1ccccc1. The maximum absolute atomic E-state index is 12.2. The highest BCUT2D eigenvalue weighted by atomic mass is 16.5. The molecular weight excluding hydrogens is 236 g/mol. The van der Waals surface area contributed by atoms with Crippen LogP contribution in [0.25, 0.3) is 0 Å². The Morgan fingerprint density at radius 1 is 1.32 bits per heavy atom. The largest absolute Gasteiger partial charge is 0.458 e. The van der Waals surface area contributed by atoms with Gasteiger partial charge in [-0.25, -0.2) is 4.79 Å². The van der Waals surface area contributed by atoms with Gasteiger partial charge >= 0.3 is 5.97 Å². The van der Waals surface area contributed by atoms with Crippen LogP contribution in [0.3, 0.4) is 0 Å². The van der Waals surface area contributed by atoms with Crippen molar-refractivity contribution in [1.82, 2.24) is 0 Å². The van der Waals surface area contributed by atoms with Gasteiger partial charge in [-0.05, 0) is 44.2 Å². The molecule has 0 bridgehead atoms. The van der Waals surface area contributed by atoms with Gasteiger partial charge in [-0.15, -0.1) is 0 Å². The number of hydrogen-bond acceptors (Lipinski definition) is 2. The third-order valence-electron chi connectivity index (χ3n) is 4.53. The maximum atomic E-state index is 12.2. The monoisotopic (exact) mass is 260 g/mol. The number of rotatable bonds is 5. The molecule has 1 aliphatic carbocycles. The van der Waals surface area contributed by atoms with Crippen LogP contribution in [0.15, 0.2) is 30.3 Å². The summed E-state index contributed by atoms with van der Waals surface area (Å²) in [7, 11) is 0. The van der Waals surface area contributed by atoms with E-state index in [1.807, 2.05) is 30.3 Å². The van der Waals surface area contributed by atoms with E-state index in [0.29, 0.717) is 5.56 Å². The zero-order valence-corrected chi connectivity index (χ0v) is 12.0. The summed E-state index contributed by atoms with van der Waals surface area (Å²) in [5.41, 5.74) is 0.884. The van der Waals surface area contributed by atoms with E-state index in [1.54, 1.807) is 0 Å². The van der Waals surface area contributed by atoms with E-state index in [4.69, 9.17) is 4.74 Å². The van der Waals surface area contributed by atoms with Crippen molar-refractivity contribution in [1.29, 1.82) is 0 Å². The fourth-order valence-corrected chi connectivity index (χ4v) is 3.43. The first-order valence-electron chi connectivity index (χ1n) is 7.48. The lowest BCUT2D eigenvalue weighted by Gasteiger charge is -2.34. The molecule has 0 saturated heterocycles. The topological polar surface area (TPSA) is 26.3 Å². The molecule has 1 aromatic rings. The summed E-state index contributed by atoms with van der Waals surface area (Å²) in [5.74, 6) is -0.165. The number of hydrogen-bond donors (Lipinski definition) is 0. The molecule has 1 fully saturated rings. The van der Waals surface area contributed by atoms with Crippen LogP contribution in [0.1, 0.15) is 62.7 Å². The molecule has 19 heavy (non-hydrogen) atoms. The van der Waals surface area contributed by atoms with Crippen molar-refractivity contribution in [3.05, 3.63) is 35.9 Å². The van der Waals surface area contributed by atoms with E-state index in [1.165, 1.54) is 12.8 Å². The second kappa shape index (κ2) is 6.23. The van der Waals surface area contributed by atoms with Crippen LogP contribution in [-0.2, 0) is 4.74 Å².